The molecule has 0 saturated carbocycles. The monoisotopic (exact) mass is 334 g/mol. The summed E-state index contributed by atoms with van der Waals surface area (Å²) in [4.78, 5) is 15.6. The molecular formula is C16H15ClN2O4. The summed E-state index contributed by atoms with van der Waals surface area (Å²) < 4.78 is 5.56. The number of aromatic nitrogens is 1. The fourth-order valence-electron chi connectivity index (χ4n) is 2.53. The van der Waals surface area contributed by atoms with E-state index in [1.54, 1.807) is 18.2 Å². The van der Waals surface area contributed by atoms with E-state index in [0.717, 1.165) is 0 Å². The minimum absolute atomic E-state index is 0.111. The molecule has 1 atom stereocenters. The number of aromatic hydroxyl groups is 1. The quantitative estimate of drug-likeness (QED) is 0.796. The number of pyridine rings is 1. The number of phenolic OH excluding ortho intramolecular Hbond substituents is 1. The number of nitrogens with one attached hydrogen (secondary N) is 1. The minimum Gasteiger partial charge on any atom is -0.504 e. The largest absolute Gasteiger partial charge is 0.504 e. The smallest absolute Gasteiger partial charge is 0.363 e. The Kier molecular flexibility index (Phi) is 4.11. The molecule has 23 heavy (non-hydrogen) atoms. The van der Waals surface area contributed by atoms with Crippen molar-refractivity contribution in [2.24, 2.45) is 0 Å². The summed E-state index contributed by atoms with van der Waals surface area (Å²) in [6.45, 7) is 0.555. The van der Waals surface area contributed by atoms with Crippen molar-refractivity contribution in [1.82, 2.24) is 10.3 Å². The van der Waals surface area contributed by atoms with E-state index in [4.69, 9.17) is 16.3 Å². The molecule has 6 nitrogen and oxygen atoms in total. The maximum absolute atomic E-state index is 11.5. The van der Waals surface area contributed by atoms with Crippen LogP contribution in [0.3, 0.4) is 0 Å². The molecule has 0 bridgehead atoms. The Morgan fingerprint density at radius 3 is 2.74 bits per heavy atom. The van der Waals surface area contributed by atoms with Crippen LogP contribution in [-0.4, -0.2) is 33.4 Å². The Labute approximate surface area is 137 Å². The Morgan fingerprint density at radius 2 is 2.17 bits per heavy atom. The Balaban J connectivity index is 1.87. The van der Waals surface area contributed by atoms with Gasteiger partial charge in [-0.2, -0.15) is 0 Å². The Morgan fingerprint density at radius 1 is 1.35 bits per heavy atom. The number of benzene rings is 1. The summed E-state index contributed by atoms with van der Waals surface area (Å²) >= 11 is 5.80. The molecular weight excluding hydrogens is 320 g/mol. The molecule has 0 radical (unpaired) electrons. The first-order valence-electron chi connectivity index (χ1n) is 7.12. The zero-order chi connectivity index (χ0) is 16.4. The molecule has 1 aromatic heterocycles. The molecule has 0 aliphatic carbocycles. The predicted molar refractivity (Wildman–Crippen MR) is 84.6 cm³/mol. The molecule has 1 fully saturated rings. The molecule has 3 N–H and O–H groups in total. The lowest BCUT2D eigenvalue weighted by Crippen LogP contribution is -2.52. The van der Waals surface area contributed by atoms with Crippen molar-refractivity contribution in [1.29, 1.82) is 0 Å². The minimum atomic E-state index is -1.49. The van der Waals surface area contributed by atoms with Crippen LogP contribution in [0, 0.1) is 0 Å². The van der Waals surface area contributed by atoms with Crippen LogP contribution in [0.2, 0.25) is 5.02 Å². The van der Waals surface area contributed by atoms with Crippen molar-refractivity contribution in [3.63, 3.8) is 0 Å². The lowest BCUT2D eigenvalue weighted by Gasteiger charge is -2.26. The molecule has 2 heterocycles. The summed E-state index contributed by atoms with van der Waals surface area (Å²) in [7, 11) is 0. The van der Waals surface area contributed by atoms with Gasteiger partial charge in [-0.25, -0.2) is 4.79 Å². The highest BCUT2D eigenvalue weighted by atomic mass is 35.5. The molecule has 0 amide bonds. The van der Waals surface area contributed by atoms with E-state index < -0.39 is 11.7 Å². The number of rotatable bonds is 4. The molecule has 1 aromatic carbocycles. The Hall–Kier alpha value is -2.31. The van der Waals surface area contributed by atoms with Gasteiger partial charge in [-0.1, -0.05) is 11.6 Å². The fourth-order valence-corrected chi connectivity index (χ4v) is 2.64. The van der Waals surface area contributed by atoms with Gasteiger partial charge in [0.15, 0.2) is 11.5 Å². The summed E-state index contributed by atoms with van der Waals surface area (Å²) in [5, 5.41) is 22.9. The van der Waals surface area contributed by atoms with E-state index in [2.05, 4.69) is 10.3 Å². The number of phenols is 1. The van der Waals surface area contributed by atoms with Crippen LogP contribution in [0.1, 0.15) is 12.8 Å². The fraction of sp³-hybridized carbons (Fsp3) is 0.250. The standard InChI is InChI=1S/C16H15ClN2O4/c17-11-3-4-12(18-9-11)10-2-5-14(13(20)8-10)23-16(15(21)22)6-1-7-19-16/h2-5,8-9,19-20H,1,6-7H2,(H,21,22)/t16-/m1/s1. The van der Waals surface area contributed by atoms with Crippen molar-refractivity contribution in [3.05, 3.63) is 41.6 Å². The zero-order valence-electron chi connectivity index (χ0n) is 12.1. The molecule has 2 aromatic rings. The first kappa shape index (κ1) is 15.6. The summed E-state index contributed by atoms with van der Waals surface area (Å²) in [6, 6.07) is 8.15. The number of ether oxygens (including phenoxy) is 1. The number of nitrogens with zero attached hydrogens (tertiary/aromatic N) is 1. The summed E-state index contributed by atoms with van der Waals surface area (Å²) in [5.74, 6) is -1.13. The van der Waals surface area contributed by atoms with Gasteiger partial charge in [0.1, 0.15) is 0 Å². The van der Waals surface area contributed by atoms with Crippen LogP contribution < -0.4 is 10.1 Å². The van der Waals surface area contributed by atoms with Gasteiger partial charge in [0, 0.05) is 18.2 Å². The van der Waals surface area contributed by atoms with Crippen LogP contribution in [0.4, 0.5) is 0 Å². The van der Waals surface area contributed by atoms with Crippen LogP contribution in [0.5, 0.6) is 11.5 Å². The molecule has 0 unspecified atom stereocenters. The van der Waals surface area contributed by atoms with Crippen LogP contribution in [0.15, 0.2) is 36.5 Å². The van der Waals surface area contributed by atoms with Gasteiger partial charge in [-0.05, 0) is 43.3 Å². The molecule has 7 heteroatoms. The molecule has 1 aliphatic rings. The second-order valence-electron chi connectivity index (χ2n) is 5.31. The maximum atomic E-state index is 11.5. The lowest BCUT2D eigenvalue weighted by molar-refractivity contribution is -0.157. The van der Waals surface area contributed by atoms with Crippen LogP contribution in [0.25, 0.3) is 11.3 Å². The average Bonchev–Trinajstić information content (AvgIpc) is 3.00. The second kappa shape index (κ2) is 6.06. The van der Waals surface area contributed by atoms with Crippen LogP contribution >= 0.6 is 11.6 Å². The molecule has 1 saturated heterocycles. The number of aliphatic carboxylic acids is 1. The number of carboxylic acids is 1. The predicted octanol–water partition coefficient (Wildman–Crippen LogP) is 2.65. The van der Waals surface area contributed by atoms with Gasteiger partial charge in [0.25, 0.3) is 5.72 Å². The third kappa shape index (κ3) is 3.09. The summed E-state index contributed by atoms with van der Waals surface area (Å²) in [5.41, 5.74) is -0.171. The number of hydrogen-bond donors (Lipinski definition) is 3. The first-order chi connectivity index (χ1) is 11.0. The SMILES string of the molecule is O=C(O)[C@]1(Oc2ccc(-c3ccc(Cl)cn3)cc2O)CCCN1. The molecule has 1 aliphatic heterocycles. The second-order valence-corrected chi connectivity index (χ2v) is 5.75. The summed E-state index contributed by atoms with van der Waals surface area (Å²) in [6.07, 6.45) is 2.54. The third-order valence-corrected chi connectivity index (χ3v) is 3.95. The van der Waals surface area contributed by atoms with Gasteiger partial charge in [-0.3, -0.25) is 10.3 Å². The van der Waals surface area contributed by atoms with Crippen molar-refractivity contribution in [3.8, 4) is 22.8 Å². The topological polar surface area (TPSA) is 91.7 Å². The van der Waals surface area contributed by atoms with E-state index in [9.17, 15) is 15.0 Å². The van der Waals surface area contributed by atoms with Gasteiger partial charge in [-0.15, -0.1) is 0 Å². The molecule has 3 rings (SSSR count). The number of carbonyl (C=O) groups is 1. The zero-order valence-corrected chi connectivity index (χ0v) is 12.9. The maximum Gasteiger partial charge on any atom is 0.363 e. The average molecular weight is 335 g/mol. The van der Waals surface area contributed by atoms with E-state index in [1.165, 1.54) is 18.3 Å². The third-order valence-electron chi connectivity index (χ3n) is 3.73. The van der Waals surface area contributed by atoms with Crippen molar-refractivity contribution < 1.29 is 19.7 Å². The lowest BCUT2D eigenvalue weighted by atomic mass is 10.1. The highest BCUT2D eigenvalue weighted by molar-refractivity contribution is 6.30. The molecule has 0 spiro atoms. The highest BCUT2D eigenvalue weighted by Crippen LogP contribution is 2.35. The normalized spacial score (nSPS) is 20.4. The van der Waals surface area contributed by atoms with E-state index in [0.29, 0.717) is 35.7 Å². The highest BCUT2D eigenvalue weighted by Gasteiger charge is 2.44. The van der Waals surface area contributed by atoms with Gasteiger partial charge in [0.05, 0.1) is 10.7 Å². The van der Waals surface area contributed by atoms with E-state index in [1.807, 2.05) is 0 Å². The van der Waals surface area contributed by atoms with Gasteiger partial charge in [0.2, 0.25) is 0 Å². The number of carboxylic acid groups (broad SMARTS) is 1. The first-order valence-corrected chi connectivity index (χ1v) is 7.50. The van der Waals surface area contributed by atoms with Gasteiger partial charge >= 0.3 is 5.97 Å². The number of hydrogen-bond acceptors (Lipinski definition) is 5. The van der Waals surface area contributed by atoms with E-state index in [-0.39, 0.29) is 11.5 Å². The van der Waals surface area contributed by atoms with Crippen molar-refractivity contribution in [2.45, 2.75) is 18.6 Å². The number of halogens is 1. The van der Waals surface area contributed by atoms with Crippen molar-refractivity contribution >= 4 is 17.6 Å². The van der Waals surface area contributed by atoms with Crippen LogP contribution in [-0.2, 0) is 4.79 Å². The Bertz CT molecular complexity index is 727. The van der Waals surface area contributed by atoms with Gasteiger partial charge < -0.3 is 14.9 Å². The molecule has 120 valence electrons. The van der Waals surface area contributed by atoms with E-state index >= 15 is 0 Å². The van der Waals surface area contributed by atoms with Crippen molar-refractivity contribution in [2.75, 3.05) is 6.54 Å².